The summed E-state index contributed by atoms with van der Waals surface area (Å²) < 4.78 is 41.9. The van der Waals surface area contributed by atoms with Crippen molar-refractivity contribution in [3.63, 3.8) is 0 Å². The van der Waals surface area contributed by atoms with Crippen LogP contribution in [0.4, 0.5) is 18.0 Å². The molecule has 10 heteroatoms. The van der Waals surface area contributed by atoms with E-state index in [4.69, 9.17) is 9.84 Å². The number of amides is 2. The fourth-order valence-corrected chi connectivity index (χ4v) is 1.27. The summed E-state index contributed by atoms with van der Waals surface area (Å²) in [7, 11) is 3.71. The molecular weight excluding hydrogens is 295 g/mol. The van der Waals surface area contributed by atoms with E-state index in [1.165, 1.54) is 0 Å². The maximum atomic E-state index is 12.2. The molecule has 0 aliphatic carbocycles. The molecule has 2 N–H and O–H groups in total. The highest BCUT2D eigenvalue weighted by molar-refractivity contribution is 5.80. The highest BCUT2D eigenvalue weighted by Crippen LogP contribution is 2.16. The minimum absolute atomic E-state index is 0.000236. The molecule has 0 unspecified atom stereocenters. The van der Waals surface area contributed by atoms with Gasteiger partial charge >= 0.3 is 18.2 Å². The molecule has 2 amide bonds. The number of carbonyl (C=O) groups excluding carboxylic acids is 1. The summed E-state index contributed by atoms with van der Waals surface area (Å²) in [6.45, 7) is -1.41. The molecule has 0 aromatic rings. The number of nitrogens with one attached hydrogen (secondary N) is 1. The van der Waals surface area contributed by atoms with E-state index >= 15 is 0 Å². The molecular formula is C11H20F3N3O4. The van der Waals surface area contributed by atoms with Crippen molar-refractivity contribution in [3.05, 3.63) is 0 Å². The third-order valence-electron chi connectivity index (χ3n) is 2.19. The van der Waals surface area contributed by atoms with E-state index in [2.05, 4.69) is 5.32 Å². The second-order valence-corrected chi connectivity index (χ2v) is 4.51. The van der Waals surface area contributed by atoms with Gasteiger partial charge in [-0.2, -0.15) is 13.2 Å². The molecule has 0 aromatic carbocycles. The minimum atomic E-state index is -4.66. The first-order valence-corrected chi connectivity index (χ1v) is 6.15. The summed E-state index contributed by atoms with van der Waals surface area (Å²) >= 11 is 0. The first-order valence-electron chi connectivity index (χ1n) is 6.15. The van der Waals surface area contributed by atoms with Crippen LogP contribution in [0.5, 0.6) is 0 Å². The van der Waals surface area contributed by atoms with Crippen LogP contribution in [0.15, 0.2) is 0 Å². The first kappa shape index (κ1) is 19.4. The molecule has 0 bridgehead atoms. The third kappa shape index (κ3) is 11.9. The van der Waals surface area contributed by atoms with E-state index < -0.39 is 31.3 Å². The largest absolute Gasteiger partial charge is 0.480 e. The van der Waals surface area contributed by atoms with Crippen LogP contribution in [-0.2, 0) is 9.53 Å². The number of nitrogens with zero attached hydrogens (tertiary/aromatic N) is 2. The van der Waals surface area contributed by atoms with Gasteiger partial charge in [-0.05, 0) is 14.1 Å². The number of hydrogen-bond donors (Lipinski definition) is 2. The van der Waals surface area contributed by atoms with Gasteiger partial charge in [0.1, 0.15) is 13.1 Å². The van der Waals surface area contributed by atoms with Gasteiger partial charge in [0.05, 0.1) is 13.2 Å². The van der Waals surface area contributed by atoms with Crippen molar-refractivity contribution in [1.82, 2.24) is 15.1 Å². The molecule has 0 rings (SSSR count). The second kappa shape index (κ2) is 9.40. The van der Waals surface area contributed by atoms with Crippen molar-refractivity contribution >= 4 is 12.0 Å². The Morgan fingerprint density at radius 3 is 2.33 bits per heavy atom. The number of likely N-dealkylation sites (N-methyl/N-ethyl adjacent to an activating group) is 1. The Balaban J connectivity index is 4.08. The number of carboxylic acid groups (broad SMARTS) is 1. The Bertz CT molecular complexity index is 337. The molecule has 0 fully saturated rings. The number of ether oxygens (including phenoxy) is 1. The van der Waals surface area contributed by atoms with Gasteiger partial charge in [-0.25, -0.2) is 4.79 Å². The average molecular weight is 315 g/mol. The molecule has 0 aliphatic rings. The summed E-state index contributed by atoms with van der Waals surface area (Å²) in [5.74, 6) is -1.52. The smallest absolute Gasteiger partial charge is 0.406 e. The van der Waals surface area contributed by atoms with E-state index in [0.717, 1.165) is 0 Å². The average Bonchev–Trinajstić information content (AvgIpc) is 2.29. The van der Waals surface area contributed by atoms with E-state index in [9.17, 15) is 22.8 Å². The number of rotatable bonds is 9. The predicted molar refractivity (Wildman–Crippen MR) is 68.0 cm³/mol. The van der Waals surface area contributed by atoms with Crippen molar-refractivity contribution < 1.29 is 32.6 Å². The standard InChI is InChI=1S/C11H20F3N3O4/c1-16(2)4-6-21-5-3-15-10(20)17(7-9(18)19)8-11(12,13)14/h3-8H2,1-2H3,(H,15,20)(H,18,19). The number of halogens is 3. The van der Waals surface area contributed by atoms with Crippen LogP contribution < -0.4 is 5.32 Å². The summed E-state index contributed by atoms with van der Waals surface area (Å²) in [5, 5.41) is 10.7. The van der Waals surface area contributed by atoms with Gasteiger partial charge in [0.25, 0.3) is 0 Å². The van der Waals surface area contributed by atoms with Crippen molar-refractivity contribution in [2.45, 2.75) is 6.18 Å². The molecule has 0 aromatic heterocycles. The van der Waals surface area contributed by atoms with Crippen LogP contribution in [0, 0.1) is 0 Å². The lowest BCUT2D eigenvalue weighted by Crippen LogP contribution is -2.47. The van der Waals surface area contributed by atoms with E-state index in [1.807, 2.05) is 19.0 Å². The van der Waals surface area contributed by atoms with Gasteiger partial charge in [-0.15, -0.1) is 0 Å². The maximum absolute atomic E-state index is 12.2. The zero-order valence-corrected chi connectivity index (χ0v) is 11.9. The molecule has 0 saturated heterocycles. The van der Waals surface area contributed by atoms with Crippen LogP contribution in [0.1, 0.15) is 0 Å². The van der Waals surface area contributed by atoms with Crippen LogP contribution in [0.3, 0.4) is 0 Å². The first-order chi connectivity index (χ1) is 9.61. The summed E-state index contributed by atoms with van der Waals surface area (Å²) in [6.07, 6.45) is -4.66. The molecule has 21 heavy (non-hydrogen) atoms. The van der Waals surface area contributed by atoms with Crippen LogP contribution >= 0.6 is 0 Å². The van der Waals surface area contributed by atoms with Gasteiger partial charge in [0.2, 0.25) is 0 Å². The number of carboxylic acids is 1. The Labute approximate surface area is 120 Å². The zero-order valence-electron chi connectivity index (χ0n) is 11.9. The summed E-state index contributed by atoms with van der Waals surface area (Å²) in [5.41, 5.74) is 0. The molecule has 0 heterocycles. The molecule has 0 saturated carbocycles. The summed E-state index contributed by atoms with van der Waals surface area (Å²) in [6, 6.07) is -1.09. The number of hydrogen-bond acceptors (Lipinski definition) is 4. The van der Waals surface area contributed by atoms with Crippen molar-refractivity contribution in [3.8, 4) is 0 Å². The quantitative estimate of drug-likeness (QED) is 0.595. The van der Waals surface area contributed by atoms with E-state index in [-0.39, 0.29) is 18.1 Å². The highest BCUT2D eigenvalue weighted by atomic mass is 19.4. The van der Waals surface area contributed by atoms with Gasteiger partial charge < -0.3 is 25.0 Å². The minimum Gasteiger partial charge on any atom is -0.480 e. The third-order valence-corrected chi connectivity index (χ3v) is 2.19. The van der Waals surface area contributed by atoms with Crippen LogP contribution in [-0.4, -0.2) is 86.6 Å². The number of urea groups is 1. The van der Waals surface area contributed by atoms with Crippen molar-refractivity contribution in [1.29, 1.82) is 0 Å². The van der Waals surface area contributed by atoms with Gasteiger partial charge in [-0.3, -0.25) is 4.79 Å². The Hall–Kier alpha value is -1.55. The van der Waals surface area contributed by atoms with E-state index in [0.29, 0.717) is 13.2 Å². The van der Waals surface area contributed by atoms with Crippen molar-refractivity contribution in [2.75, 3.05) is 53.5 Å². The molecule has 124 valence electrons. The van der Waals surface area contributed by atoms with Gasteiger partial charge in [0.15, 0.2) is 0 Å². The number of carbonyl (C=O) groups is 2. The molecule has 7 nitrogen and oxygen atoms in total. The number of alkyl halides is 3. The fourth-order valence-electron chi connectivity index (χ4n) is 1.27. The zero-order chi connectivity index (χ0) is 16.5. The van der Waals surface area contributed by atoms with E-state index in [1.54, 1.807) is 0 Å². The highest BCUT2D eigenvalue weighted by Gasteiger charge is 2.33. The lowest BCUT2D eigenvalue weighted by molar-refractivity contribution is -0.148. The van der Waals surface area contributed by atoms with Crippen LogP contribution in [0.2, 0.25) is 0 Å². The molecule has 0 atom stereocenters. The second-order valence-electron chi connectivity index (χ2n) is 4.51. The lowest BCUT2D eigenvalue weighted by atomic mass is 10.4. The molecule has 0 aliphatic heterocycles. The Morgan fingerprint density at radius 1 is 1.24 bits per heavy atom. The SMILES string of the molecule is CN(C)CCOCCNC(=O)N(CC(=O)O)CC(F)(F)F. The van der Waals surface area contributed by atoms with Crippen molar-refractivity contribution in [2.24, 2.45) is 0 Å². The van der Waals surface area contributed by atoms with Gasteiger partial charge in [-0.1, -0.05) is 0 Å². The molecule has 0 spiro atoms. The Kier molecular flexibility index (Phi) is 8.70. The summed E-state index contributed by atoms with van der Waals surface area (Å²) in [4.78, 5) is 24.0. The van der Waals surface area contributed by atoms with Crippen LogP contribution in [0.25, 0.3) is 0 Å². The van der Waals surface area contributed by atoms with Gasteiger partial charge in [0, 0.05) is 13.1 Å². The molecule has 0 radical (unpaired) electrons. The number of aliphatic carboxylic acids is 1. The maximum Gasteiger partial charge on any atom is 0.406 e. The predicted octanol–water partition coefficient (Wildman–Crippen LogP) is 0.223. The normalized spacial score (nSPS) is 11.5. The topological polar surface area (TPSA) is 82.1 Å². The lowest BCUT2D eigenvalue weighted by Gasteiger charge is -2.22. The monoisotopic (exact) mass is 315 g/mol. The fraction of sp³-hybridized carbons (Fsp3) is 0.818. The Morgan fingerprint density at radius 2 is 1.86 bits per heavy atom.